The molecule has 3 nitrogen and oxygen atoms in total. The van der Waals surface area contributed by atoms with E-state index in [0.29, 0.717) is 11.1 Å². The van der Waals surface area contributed by atoms with E-state index in [1.165, 1.54) is 0 Å². The third kappa shape index (κ3) is 1.75. The molecule has 4 heteroatoms. The molecule has 0 saturated heterocycles. The van der Waals surface area contributed by atoms with Gasteiger partial charge < -0.3 is 4.74 Å². The van der Waals surface area contributed by atoms with Crippen molar-refractivity contribution in [3.05, 3.63) is 32.4 Å². The summed E-state index contributed by atoms with van der Waals surface area (Å²) in [6, 6.07) is 3.68. The molecule has 0 aromatic heterocycles. The van der Waals surface area contributed by atoms with Crippen LogP contribution in [0.2, 0.25) is 0 Å². The van der Waals surface area contributed by atoms with Gasteiger partial charge in [0, 0.05) is 3.57 Å². The standard InChI is InChI=1S/C12H11IO3/c1-12(2,3)6-4-7-9(8(13)5-6)11(15)16-10(7)14/h4-5H,1-3H3. The maximum Gasteiger partial charge on any atom is 0.347 e. The zero-order valence-corrected chi connectivity index (χ0v) is 11.4. The van der Waals surface area contributed by atoms with E-state index in [2.05, 4.69) is 48.1 Å². The molecule has 1 aromatic carbocycles. The number of ether oxygens (including phenoxy) is 1. The number of rotatable bonds is 0. The van der Waals surface area contributed by atoms with Crippen LogP contribution in [0.3, 0.4) is 0 Å². The molecule has 0 N–H and O–H groups in total. The van der Waals surface area contributed by atoms with E-state index in [-0.39, 0.29) is 5.41 Å². The molecule has 16 heavy (non-hydrogen) atoms. The second-order valence-corrected chi connectivity index (χ2v) is 5.97. The van der Waals surface area contributed by atoms with Gasteiger partial charge in [-0.05, 0) is 45.7 Å². The van der Waals surface area contributed by atoms with Crippen LogP contribution in [0.5, 0.6) is 0 Å². The molecule has 0 bridgehead atoms. The van der Waals surface area contributed by atoms with E-state index < -0.39 is 11.9 Å². The molecular weight excluding hydrogens is 319 g/mol. The zero-order chi connectivity index (χ0) is 12.1. The SMILES string of the molecule is CC(C)(C)c1cc(I)c2c(c1)C(=O)OC2=O. The molecule has 0 radical (unpaired) electrons. The average molecular weight is 330 g/mol. The number of carbonyl (C=O) groups excluding carboxylic acids is 2. The van der Waals surface area contributed by atoms with Crippen molar-refractivity contribution in [2.45, 2.75) is 26.2 Å². The summed E-state index contributed by atoms with van der Waals surface area (Å²) in [5, 5.41) is 0. The van der Waals surface area contributed by atoms with E-state index in [0.717, 1.165) is 9.13 Å². The summed E-state index contributed by atoms with van der Waals surface area (Å²) in [6.07, 6.45) is 0. The summed E-state index contributed by atoms with van der Waals surface area (Å²) >= 11 is 2.06. The van der Waals surface area contributed by atoms with Crippen LogP contribution in [0, 0.1) is 3.57 Å². The lowest BCUT2D eigenvalue weighted by molar-refractivity contribution is 0.0443. The molecule has 84 valence electrons. The van der Waals surface area contributed by atoms with Crippen molar-refractivity contribution in [1.82, 2.24) is 0 Å². The maximum absolute atomic E-state index is 11.5. The maximum atomic E-state index is 11.5. The summed E-state index contributed by atoms with van der Waals surface area (Å²) in [5.41, 5.74) is 1.77. The average Bonchev–Trinajstić information content (AvgIpc) is 2.41. The van der Waals surface area contributed by atoms with Crippen molar-refractivity contribution in [2.24, 2.45) is 0 Å². The minimum absolute atomic E-state index is 0.0547. The molecule has 0 aliphatic carbocycles. The molecule has 0 saturated carbocycles. The van der Waals surface area contributed by atoms with Gasteiger partial charge in [0.25, 0.3) is 0 Å². The van der Waals surface area contributed by atoms with Crippen LogP contribution in [0.4, 0.5) is 0 Å². The van der Waals surface area contributed by atoms with Gasteiger partial charge in [-0.15, -0.1) is 0 Å². The summed E-state index contributed by atoms with van der Waals surface area (Å²) in [7, 11) is 0. The largest absolute Gasteiger partial charge is 0.386 e. The third-order valence-electron chi connectivity index (χ3n) is 2.57. The van der Waals surface area contributed by atoms with Gasteiger partial charge in [-0.1, -0.05) is 20.8 Å². The number of hydrogen-bond donors (Lipinski definition) is 0. The van der Waals surface area contributed by atoms with Gasteiger partial charge in [-0.25, -0.2) is 9.59 Å². The Hall–Kier alpha value is -0.910. The van der Waals surface area contributed by atoms with Crippen molar-refractivity contribution in [3.8, 4) is 0 Å². The fourth-order valence-corrected chi connectivity index (χ4v) is 2.44. The number of fused-ring (bicyclic) bond motifs is 1. The lowest BCUT2D eigenvalue weighted by atomic mass is 9.85. The Bertz CT molecular complexity index is 498. The second kappa shape index (κ2) is 3.55. The van der Waals surface area contributed by atoms with Crippen molar-refractivity contribution in [1.29, 1.82) is 0 Å². The highest BCUT2D eigenvalue weighted by Gasteiger charge is 2.33. The minimum Gasteiger partial charge on any atom is -0.386 e. The van der Waals surface area contributed by atoms with E-state index in [1.54, 1.807) is 6.07 Å². The van der Waals surface area contributed by atoms with Crippen LogP contribution in [0.25, 0.3) is 0 Å². The molecule has 0 amide bonds. The predicted octanol–water partition coefficient (Wildman–Crippen LogP) is 2.90. The van der Waals surface area contributed by atoms with Crippen LogP contribution in [0.15, 0.2) is 12.1 Å². The second-order valence-electron chi connectivity index (χ2n) is 4.81. The van der Waals surface area contributed by atoms with Gasteiger partial charge in [0.2, 0.25) is 0 Å². The number of esters is 2. The number of cyclic esters (lactones) is 2. The van der Waals surface area contributed by atoms with Crippen molar-refractivity contribution in [3.63, 3.8) is 0 Å². The fourth-order valence-electron chi connectivity index (χ4n) is 1.60. The van der Waals surface area contributed by atoms with Gasteiger partial charge in [0.05, 0.1) is 11.1 Å². The molecule has 0 spiro atoms. The first-order chi connectivity index (χ1) is 7.30. The van der Waals surface area contributed by atoms with Gasteiger partial charge >= 0.3 is 11.9 Å². The number of hydrogen-bond acceptors (Lipinski definition) is 3. The van der Waals surface area contributed by atoms with Gasteiger partial charge in [0.1, 0.15) is 0 Å². The molecule has 2 rings (SSSR count). The predicted molar refractivity (Wildman–Crippen MR) is 67.6 cm³/mol. The zero-order valence-electron chi connectivity index (χ0n) is 9.26. The van der Waals surface area contributed by atoms with E-state index in [1.807, 2.05) is 6.07 Å². The topological polar surface area (TPSA) is 43.4 Å². The molecular formula is C12H11IO3. The van der Waals surface area contributed by atoms with E-state index in [4.69, 9.17) is 0 Å². The Labute approximate surface area is 107 Å². The summed E-state index contributed by atoms with van der Waals surface area (Å²) < 4.78 is 5.37. The molecule has 1 heterocycles. The summed E-state index contributed by atoms with van der Waals surface area (Å²) in [6.45, 7) is 6.19. The van der Waals surface area contributed by atoms with Crippen molar-refractivity contribution in [2.75, 3.05) is 0 Å². The highest BCUT2D eigenvalue weighted by molar-refractivity contribution is 14.1. The van der Waals surface area contributed by atoms with Gasteiger partial charge in [-0.2, -0.15) is 0 Å². The molecule has 0 fully saturated rings. The monoisotopic (exact) mass is 330 g/mol. The van der Waals surface area contributed by atoms with Gasteiger partial charge in [-0.3, -0.25) is 0 Å². The normalized spacial score (nSPS) is 15.0. The van der Waals surface area contributed by atoms with Crippen LogP contribution in [-0.4, -0.2) is 11.9 Å². The molecule has 1 aliphatic heterocycles. The fraction of sp³-hybridized carbons (Fsp3) is 0.333. The molecule has 0 atom stereocenters. The lowest BCUT2D eigenvalue weighted by Gasteiger charge is -2.19. The highest BCUT2D eigenvalue weighted by atomic mass is 127. The first kappa shape index (κ1) is 11.6. The van der Waals surface area contributed by atoms with Crippen LogP contribution in [-0.2, 0) is 10.2 Å². The summed E-state index contributed by atoms with van der Waals surface area (Å²) in [4.78, 5) is 22.9. The van der Waals surface area contributed by atoms with Crippen LogP contribution >= 0.6 is 22.6 Å². The number of carbonyl (C=O) groups is 2. The highest BCUT2D eigenvalue weighted by Crippen LogP contribution is 2.31. The first-order valence-corrected chi connectivity index (χ1v) is 5.99. The minimum atomic E-state index is -0.538. The van der Waals surface area contributed by atoms with Gasteiger partial charge in [0.15, 0.2) is 0 Å². The Morgan fingerprint density at radius 3 is 2.31 bits per heavy atom. The Kier molecular flexibility index (Phi) is 2.57. The third-order valence-corrected chi connectivity index (χ3v) is 3.42. The number of halogens is 1. The molecule has 1 aromatic rings. The van der Waals surface area contributed by atoms with E-state index in [9.17, 15) is 9.59 Å². The Balaban J connectivity index is 2.68. The Morgan fingerprint density at radius 2 is 1.75 bits per heavy atom. The van der Waals surface area contributed by atoms with Crippen LogP contribution < -0.4 is 0 Å². The lowest BCUT2D eigenvalue weighted by Crippen LogP contribution is -2.13. The van der Waals surface area contributed by atoms with Crippen LogP contribution in [0.1, 0.15) is 47.1 Å². The molecule has 1 aliphatic rings. The summed E-state index contributed by atoms with van der Waals surface area (Å²) in [5.74, 6) is -1.08. The Morgan fingerprint density at radius 1 is 1.12 bits per heavy atom. The van der Waals surface area contributed by atoms with Crippen molar-refractivity contribution >= 4 is 34.5 Å². The molecule has 0 unspecified atom stereocenters. The number of benzene rings is 1. The quantitative estimate of drug-likeness (QED) is 0.417. The first-order valence-electron chi connectivity index (χ1n) is 4.91. The van der Waals surface area contributed by atoms with E-state index >= 15 is 0 Å². The smallest absolute Gasteiger partial charge is 0.347 e. The van der Waals surface area contributed by atoms with Crippen molar-refractivity contribution < 1.29 is 14.3 Å².